The van der Waals surface area contributed by atoms with E-state index in [1.807, 2.05) is 0 Å². The van der Waals surface area contributed by atoms with Crippen LogP contribution in [0.3, 0.4) is 0 Å². The molecular formula is C15H23ClN8O6. The minimum absolute atomic E-state index is 0.138. The van der Waals surface area contributed by atoms with E-state index in [4.69, 9.17) is 27.9 Å². The van der Waals surface area contributed by atoms with E-state index in [9.17, 15) is 25.2 Å². The van der Waals surface area contributed by atoms with Crippen LogP contribution in [0.5, 0.6) is 0 Å². The number of carboxylic acid groups (broad SMARTS) is 1. The summed E-state index contributed by atoms with van der Waals surface area (Å²) in [4.78, 5) is 23.4. The lowest BCUT2D eigenvalue weighted by Gasteiger charge is -2.25. The summed E-state index contributed by atoms with van der Waals surface area (Å²) in [5.41, 5.74) is 8.13. The van der Waals surface area contributed by atoms with Gasteiger partial charge in [0.2, 0.25) is 5.28 Å². The van der Waals surface area contributed by atoms with Gasteiger partial charge in [-0.1, -0.05) is 0 Å². The molecule has 10 N–H and O–H groups in total. The molecular weight excluding hydrogens is 424 g/mol. The first-order valence-corrected chi connectivity index (χ1v) is 9.41. The van der Waals surface area contributed by atoms with Gasteiger partial charge in [-0.25, -0.2) is 10.8 Å². The number of fused-ring (bicyclic) bond motifs is 1. The van der Waals surface area contributed by atoms with Crippen molar-refractivity contribution in [3.8, 4) is 0 Å². The predicted molar refractivity (Wildman–Crippen MR) is 103 cm³/mol. The van der Waals surface area contributed by atoms with Gasteiger partial charge in [-0.3, -0.25) is 14.7 Å². The molecule has 6 atom stereocenters. The fourth-order valence-electron chi connectivity index (χ4n) is 3.25. The maximum atomic E-state index is 11.4. The number of nitrogens with zero attached hydrogens (tertiary/aromatic N) is 4. The Bertz CT molecular complexity index is 899. The molecule has 0 saturated carbocycles. The normalized spacial score (nSPS) is 26.1. The van der Waals surface area contributed by atoms with Crippen molar-refractivity contribution in [3.05, 3.63) is 11.6 Å². The molecule has 2 aromatic heterocycles. The second-order valence-electron chi connectivity index (χ2n) is 6.72. The maximum Gasteiger partial charge on any atom is 0.320 e. The van der Waals surface area contributed by atoms with Crippen LogP contribution in [0.25, 0.3) is 11.2 Å². The summed E-state index contributed by atoms with van der Waals surface area (Å²) in [5, 5.41) is 42.9. The van der Waals surface area contributed by atoms with Crippen LogP contribution in [-0.4, -0.2) is 83.0 Å². The average Bonchev–Trinajstić information content (AvgIpc) is 3.25. The van der Waals surface area contributed by atoms with Crippen molar-refractivity contribution >= 4 is 34.6 Å². The predicted octanol–water partition coefficient (Wildman–Crippen LogP) is -2.52. The number of aliphatic hydroxyl groups is 3. The first-order chi connectivity index (χ1) is 14.3. The molecule has 14 nitrogen and oxygen atoms in total. The highest BCUT2D eigenvalue weighted by Gasteiger charge is 2.48. The number of hydrazine groups is 1. The van der Waals surface area contributed by atoms with Gasteiger partial charge in [-0.15, -0.1) is 0 Å². The van der Waals surface area contributed by atoms with Crippen molar-refractivity contribution in [2.75, 3.05) is 12.0 Å². The molecule has 1 unspecified atom stereocenters. The summed E-state index contributed by atoms with van der Waals surface area (Å²) in [6.45, 7) is 0.280. The smallest absolute Gasteiger partial charge is 0.320 e. The van der Waals surface area contributed by atoms with E-state index in [-0.39, 0.29) is 35.2 Å². The number of aliphatic carboxylic acids is 1. The number of halogens is 1. The number of carboxylic acids is 1. The number of nitrogen functional groups attached to an aromatic ring is 1. The molecule has 1 aliphatic rings. The number of rotatable bonds is 9. The third-order valence-corrected chi connectivity index (χ3v) is 4.93. The molecule has 3 rings (SSSR count). The first-order valence-electron chi connectivity index (χ1n) is 9.03. The van der Waals surface area contributed by atoms with E-state index in [0.717, 1.165) is 0 Å². The second-order valence-corrected chi connectivity index (χ2v) is 7.05. The number of nitrogens with two attached hydrogens (primary N) is 2. The van der Waals surface area contributed by atoms with Crippen LogP contribution in [0.1, 0.15) is 19.1 Å². The van der Waals surface area contributed by atoms with Crippen molar-refractivity contribution in [3.63, 3.8) is 0 Å². The van der Waals surface area contributed by atoms with Crippen LogP contribution in [0.15, 0.2) is 6.33 Å². The number of hydrogen-bond acceptors (Lipinski definition) is 12. The van der Waals surface area contributed by atoms with Crippen LogP contribution < -0.4 is 22.3 Å². The number of nitrogens with one attached hydrogen (secondary N) is 2. The highest BCUT2D eigenvalue weighted by atomic mass is 35.5. The van der Waals surface area contributed by atoms with Gasteiger partial charge in [0.15, 0.2) is 23.2 Å². The summed E-state index contributed by atoms with van der Waals surface area (Å²) < 4.78 is 6.94. The Balaban J connectivity index is 1.82. The van der Waals surface area contributed by atoms with Gasteiger partial charge in [0, 0.05) is 0 Å². The summed E-state index contributed by atoms with van der Waals surface area (Å²) in [6.07, 6.45) is -5.30. The zero-order valence-electron chi connectivity index (χ0n) is 15.6. The van der Waals surface area contributed by atoms with Gasteiger partial charge >= 0.3 is 5.97 Å². The number of anilines is 1. The fourth-order valence-corrected chi connectivity index (χ4v) is 3.42. The third kappa shape index (κ3) is 4.30. The maximum absolute atomic E-state index is 11.4. The standard InChI is InChI=1S/C15H23ClN8O6/c16-15-21-10(23-18)6-11(22-15)24(4-19-6)13-8(26)7(25)9(30-13)12(27)20-5(14(28)29)2-1-3-17/h4-5,7-9,12-13,20,25-27H,1-3,17-18H2,(H,28,29)(H,21,22,23)/t5-,7-,8+,9-,12?,13+/m0/s1. The molecule has 15 heteroatoms. The second kappa shape index (κ2) is 9.32. The van der Waals surface area contributed by atoms with Crippen LogP contribution in [0, 0.1) is 0 Å². The SMILES string of the molecule is NCCC[C@H](NC(O)[C@H]1O[C@@H](n2cnc3c(NN)nc(Cl)nc32)[C@H](O)[C@@H]1O)C(=O)O. The Kier molecular flexibility index (Phi) is 6.99. The summed E-state index contributed by atoms with van der Waals surface area (Å²) in [5.74, 6) is 4.34. The number of aromatic nitrogens is 4. The van der Waals surface area contributed by atoms with Crippen molar-refractivity contribution in [1.29, 1.82) is 0 Å². The highest BCUT2D eigenvalue weighted by Crippen LogP contribution is 2.33. The molecule has 1 aliphatic heterocycles. The fraction of sp³-hybridized carbons (Fsp3) is 0.600. The quantitative estimate of drug-likeness (QED) is 0.0861. The largest absolute Gasteiger partial charge is 0.480 e. The number of aliphatic hydroxyl groups excluding tert-OH is 3. The van der Waals surface area contributed by atoms with Crippen LogP contribution in [0.4, 0.5) is 5.82 Å². The van der Waals surface area contributed by atoms with Gasteiger partial charge in [0.25, 0.3) is 0 Å². The molecule has 166 valence electrons. The molecule has 1 fully saturated rings. The molecule has 0 aromatic carbocycles. The van der Waals surface area contributed by atoms with Crippen molar-refractivity contribution in [2.45, 2.75) is 49.7 Å². The van der Waals surface area contributed by atoms with Gasteiger partial charge in [-0.2, -0.15) is 9.97 Å². The lowest BCUT2D eigenvalue weighted by molar-refractivity contribution is -0.143. The monoisotopic (exact) mass is 446 g/mol. The van der Waals surface area contributed by atoms with E-state index < -0.39 is 42.8 Å². The summed E-state index contributed by atoms with van der Waals surface area (Å²) in [6, 6.07) is -1.12. The Labute approximate surface area is 174 Å². The van der Waals surface area contributed by atoms with Crippen molar-refractivity contribution in [2.24, 2.45) is 11.6 Å². The van der Waals surface area contributed by atoms with Crippen molar-refractivity contribution < 1.29 is 30.0 Å². The molecule has 0 bridgehead atoms. The Morgan fingerprint density at radius 1 is 1.37 bits per heavy atom. The zero-order chi connectivity index (χ0) is 22.0. The Morgan fingerprint density at radius 2 is 2.10 bits per heavy atom. The van der Waals surface area contributed by atoms with E-state index in [0.29, 0.717) is 6.42 Å². The minimum atomic E-state index is -1.59. The molecule has 0 amide bonds. The number of imidazole rings is 1. The highest BCUT2D eigenvalue weighted by molar-refractivity contribution is 6.28. The first kappa shape index (κ1) is 22.5. The average molecular weight is 447 g/mol. The van der Waals surface area contributed by atoms with E-state index in [1.165, 1.54) is 10.9 Å². The molecule has 3 heterocycles. The van der Waals surface area contributed by atoms with Crippen LogP contribution >= 0.6 is 11.6 Å². The number of ether oxygens (including phenoxy) is 1. The van der Waals surface area contributed by atoms with Crippen molar-refractivity contribution in [1.82, 2.24) is 24.8 Å². The van der Waals surface area contributed by atoms with Gasteiger partial charge in [-0.05, 0) is 31.0 Å². The van der Waals surface area contributed by atoms with Crippen LogP contribution in [-0.2, 0) is 9.53 Å². The lowest BCUT2D eigenvalue weighted by Crippen LogP contribution is -2.52. The molecule has 0 radical (unpaired) electrons. The zero-order valence-corrected chi connectivity index (χ0v) is 16.3. The molecule has 1 saturated heterocycles. The van der Waals surface area contributed by atoms with Gasteiger partial charge < -0.3 is 36.3 Å². The minimum Gasteiger partial charge on any atom is -0.480 e. The Hall–Kier alpha value is -2.17. The topological polar surface area (TPSA) is 227 Å². The third-order valence-electron chi connectivity index (χ3n) is 4.76. The van der Waals surface area contributed by atoms with E-state index >= 15 is 0 Å². The molecule has 0 aliphatic carbocycles. The molecule has 0 spiro atoms. The summed E-state index contributed by atoms with van der Waals surface area (Å²) >= 11 is 5.88. The van der Waals surface area contributed by atoms with Crippen LogP contribution in [0.2, 0.25) is 5.28 Å². The van der Waals surface area contributed by atoms with E-state index in [2.05, 4.69) is 25.7 Å². The summed E-state index contributed by atoms with van der Waals surface area (Å²) in [7, 11) is 0. The van der Waals surface area contributed by atoms with Gasteiger partial charge in [0.1, 0.15) is 30.6 Å². The van der Waals surface area contributed by atoms with E-state index in [1.54, 1.807) is 0 Å². The number of hydrogen-bond donors (Lipinski definition) is 8. The molecule has 2 aromatic rings. The number of carbonyl (C=O) groups is 1. The van der Waals surface area contributed by atoms with Gasteiger partial charge in [0.05, 0.1) is 6.33 Å². The lowest BCUT2D eigenvalue weighted by atomic mass is 10.1. The molecule has 30 heavy (non-hydrogen) atoms. The Morgan fingerprint density at radius 3 is 2.73 bits per heavy atom.